The first kappa shape index (κ1) is 16.3. The van der Waals surface area contributed by atoms with Gasteiger partial charge in [0, 0.05) is 37.8 Å². The minimum absolute atomic E-state index is 0.113. The van der Waals surface area contributed by atoms with Crippen molar-refractivity contribution in [3.05, 3.63) is 29.3 Å². The zero-order valence-corrected chi connectivity index (χ0v) is 14.1. The lowest BCUT2D eigenvalue weighted by Gasteiger charge is -2.32. The summed E-state index contributed by atoms with van der Waals surface area (Å²) >= 11 is 0. The monoisotopic (exact) mass is 318 g/mol. The molecule has 2 heterocycles. The minimum atomic E-state index is 0.113. The van der Waals surface area contributed by atoms with Crippen molar-refractivity contribution in [3.8, 4) is 5.75 Å². The van der Waals surface area contributed by atoms with Crippen LogP contribution in [-0.4, -0.2) is 68.3 Å². The van der Waals surface area contributed by atoms with Crippen molar-refractivity contribution < 1.29 is 14.3 Å². The second kappa shape index (κ2) is 7.32. The lowest BCUT2D eigenvalue weighted by Crippen LogP contribution is -2.45. The standard InChI is InChI=1S/C18H26N2O3/c1-3-14-4-5-15(12-17(14)22-2)18(21)20-7-6-16(13-20)19-8-10-23-11-9-19/h4-5,12,16H,3,6-11,13H2,1-2H3/t16-/m0/s1. The number of carbonyl (C=O) groups is 1. The van der Waals surface area contributed by atoms with Gasteiger partial charge in [-0.05, 0) is 30.5 Å². The third kappa shape index (κ3) is 3.51. The van der Waals surface area contributed by atoms with Crippen molar-refractivity contribution in [2.45, 2.75) is 25.8 Å². The van der Waals surface area contributed by atoms with Gasteiger partial charge < -0.3 is 14.4 Å². The van der Waals surface area contributed by atoms with E-state index in [2.05, 4.69) is 11.8 Å². The number of ether oxygens (including phenoxy) is 2. The Morgan fingerprint density at radius 3 is 2.78 bits per heavy atom. The molecule has 1 aromatic carbocycles. The molecule has 0 radical (unpaired) electrons. The Morgan fingerprint density at radius 2 is 2.09 bits per heavy atom. The highest BCUT2D eigenvalue weighted by molar-refractivity contribution is 5.95. The molecule has 0 aromatic heterocycles. The fraction of sp³-hybridized carbons (Fsp3) is 0.611. The fourth-order valence-corrected chi connectivity index (χ4v) is 3.52. The van der Waals surface area contributed by atoms with Gasteiger partial charge in [-0.25, -0.2) is 0 Å². The van der Waals surface area contributed by atoms with E-state index < -0.39 is 0 Å². The highest BCUT2D eigenvalue weighted by Crippen LogP contribution is 2.24. The Morgan fingerprint density at radius 1 is 1.30 bits per heavy atom. The van der Waals surface area contributed by atoms with Gasteiger partial charge in [0.1, 0.15) is 5.75 Å². The number of hydrogen-bond acceptors (Lipinski definition) is 4. The molecule has 1 aromatic rings. The highest BCUT2D eigenvalue weighted by atomic mass is 16.5. The Kier molecular flexibility index (Phi) is 5.18. The van der Waals surface area contributed by atoms with Crippen LogP contribution in [0.25, 0.3) is 0 Å². The molecular formula is C18H26N2O3. The molecule has 0 saturated carbocycles. The molecule has 126 valence electrons. The SMILES string of the molecule is CCc1ccc(C(=O)N2CC[C@H](N3CCOCC3)C2)cc1OC. The van der Waals surface area contributed by atoms with Crippen LogP contribution >= 0.6 is 0 Å². The molecule has 3 rings (SSSR count). The van der Waals surface area contributed by atoms with E-state index in [1.165, 1.54) is 0 Å². The van der Waals surface area contributed by atoms with Gasteiger partial charge >= 0.3 is 0 Å². The second-order valence-corrected chi connectivity index (χ2v) is 6.22. The third-order valence-corrected chi connectivity index (χ3v) is 4.93. The zero-order chi connectivity index (χ0) is 16.2. The number of aryl methyl sites for hydroxylation is 1. The molecule has 0 spiro atoms. The van der Waals surface area contributed by atoms with Gasteiger partial charge in [0.05, 0.1) is 20.3 Å². The number of morpholine rings is 1. The van der Waals surface area contributed by atoms with E-state index in [0.29, 0.717) is 6.04 Å². The maximum atomic E-state index is 12.8. The molecule has 5 nitrogen and oxygen atoms in total. The summed E-state index contributed by atoms with van der Waals surface area (Å²) in [5.74, 6) is 0.920. The predicted octanol–water partition coefficient (Wildman–Crippen LogP) is 1.80. The highest BCUT2D eigenvalue weighted by Gasteiger charge is 2.31. The first-order valence-electron chi connectivity index (χ1n) is 8.51. The van der Waals surface area contributed by atoms with Crippen molar-refractivity contribution in [2.75, 3.05) is 46.5 Å². The maximum absolute atomic E-state index is 12.8. The number of benzene rings is 1. The average molecular weight is 318 g/mol. The van der Waals surface area contributed by atoms with E-state index in [1.54, 1.807) is 7.11 Å². The van der Waals surface area contributed by atoms with Crippen LogP contribution in [0, 0.1) is 0 Å². The normalized spacial score (nSPS) is 22.3. The first-order valence-corrected chi connectivity index (χ1v) is 8.51. The van der Waals surface area contributed by atoms with E-state index in [4.69, 9.17) is 9.47 Å². The largest absolute Gasteiger partial charge is 0.496 e. The van der Waals surface area contributed by atoms with Crippen molar-refractivity contribution in [3.63, 3.8) is 0 Å². The minimum Gasteiger partial charge on any atom is -0.496 e. The Labute approximate surface area is 138 Å². The Bertz CT molecular complexity index is 555. The molecule has 5 heteroatoms. The summed E-state index contributed by atoms with van der Waals surface area (Å²) in [6.07, 6.45) is 1.95. The number of likely N-dealkylation sites (tertiary alicyclic amines) is 1. The molecule has 0 aliphatic carbocycles. The molecule has 23 heavy (non-hydrogen) atoms. The lowest BCUT2D eigenvalue weighted by molar-refractivity contribution is 0.0185. The predicted molar refractivity (Wildman–Crippen MR) is 89.1 cm³/mol. The number of carbonyl (C=O) groups excluding carboxylic acids is 1. The Hall–Kier alpha value is -1.59. The van der Waals surface area contributed by atoms with Gasteiger partial charge in [-0.2, -0.15) is 0 Å². The summed E-state index contributed by atoms with van der Waals surface area (Å²) in [7, 11) is 1.66. The van der Waals surface area contributed by atoms with E-state index >= 15 is 0 Å². The molecule has 2 saturated heterocycles. The van der Waals surface area contributed by atoms with Gasteiger partial charge in [-0.3, -0.25) is 9.69 Å². The Balaban J connectivity index is 1.66. The van der Waals surface area contributed by atoms with E-state index in [9.17, 15) is 4.79 Å². The third-order valence-electron chi connectivity index (χ3n) is 4.93. The topological polar surface area (TPSA) is 42.0 Å². The quantitative estimate of drug-likeness (QED) is 0.849. The van der Waals surface area contributed by atoms with Crippen molar-refractivity contribution in [1.29, 1.82) is 0 Å². The molecule has 2 aliphatic rings. The number of rotatable bonds is 4. The van der Waals surface area contributed by atoms with E-state index in [1.807, 2.05) is 23.1 Å². The number of nitrogens with zero attached hydrogens (tertiary/aromatic N) is 2. The number of hydrogen-bond donors (Lipinski definition) is 0. The van der Waals surface area contributed by atoms with Crippen LogP contribution in [-0.2, 0) is 11.2 Å². The molecule has 0 bridgehead atoms. The van der Waals surface area contributed by atoms with Crippen molar-refractivity contribution in [1.82, 2.24) is 9.80 Å². The van der Waals surface area contributed by atoms with Crippen LogP contribution < -0.4 is 4.74 Å². The average Bonchev–Trinajstić information content (AvgIpc) is 3.11. The first-order chi connectivity index (χ1) is 11.2. The van der Waals surface area contributed by atoms with Gasteiger partial charge in [0.25, 0.3) is 5.91 Å². The van der Waals surface area contributed by atoms with Crippen LogP contribution in [0.4, 0.5) is 0 Å². The molecule has 1 amide bonds. The number of methoxy groups -OCH3 is 1. The molecule has 2 aliphatic heterocycles. The van der Waals surface area contributed by atoms with Crippen LogP contribution in [0.3, 0.4) is 0 Å². The summed E-state index contributed by atoms with van der Waals surface area (Å²) in [6.45, 7) is 7.31. The smallest absolute Gasteiger partial charge is 0.254 e. The molecular weight excluding hydrogens is 292 g/mol. The van der Waals surface area contributed by atoms with Crippen LogP contribution in [0.5, 0.6) is 5.75 Å². The van der Waals surface area contributed by atoms with Gasteiger partial charge in [-0.1, -0.05) is 13.0 Å². The second-order valence-electron chi connectivity index (χ2n) is 6.22. The van der Waals surface area contributed by atoms with E-state index in [-0.39, 0.29) is 5.91 Å². The van der Waals surface area contributed by atoms with Crippen LogP contribution in [0.15, 0.2) is 18.2 Å². The zero-order valence-electron chi connectivity index (χ0n) is 14.1. The summed E-state index contributed by atoms with van der Waals surface area (Å²) in [5.41, 5.74) is 1.86. The summed E-state index contributed by atoms with van der Waals surface area (Å²) in [5, 5.41) is 0. The number of amides is 1. The molecule has 1 atom stereocenters. The van der Waals surface area contributed by atoms with Crippen molar-refractivity contribution in [2.24, 2.45) is 0 Å². The van der Waals surface area contributed by atoms with Crippen LogP contribution in [0.2, 0.25) is 0 Å². The summed E-state index contributed by atoms with van der Waals surface area (Å²) < 4.78 is 10.8. The maximum Gasteiger partial charge on any atom is 0.254 e. The van der Waals surface area contributed by atoms with Crippen molar-refractivity contribution >= 4 is 5.91 Å². The van der Waals surface area contributed by atoms with E-state index in [0.717, 1.165) is 69.1 Å². The van der Waals surface area contributed by atoms with Gasteiger partial charge in [0.2, 0.25) is 0 Å². The van der Waals surface area contributed by atoms with Gasteiger partial charge in [-0.15, -0.1) is 0 Å². The molecule has 0 unspecified atom stereocenters. The fourth-order valence-electron chi connectivity index (χ4n) is 3.52. The lowest BCUT2D eigenvalue weighted by atomic mass is 10.1. The summed E-state index contributed by atoms with van der Waals surface area (Å²) in [6, 6.07) is 6.27. The van der Waals surface area contributed by atoms with Crippen LogP contribution in [0.1, 0.15) is 29.3 Å². The molecule has 2 fully saturated rings. The van der Waals surface area contributed by atoms with Gasteiger partial charge in [0.15, 0.2) is 0 Å². The summed E-state index contributed by atoms with van der Waals surface area (Å²) in [4.78, 5) is 17.2. The molecule has 0 N–H and O–H groups in total.